The van der Waals surface area contributed by atoms with Gasteiger partial charge in [0.2, 0.25) is 17.8 Å². The highest BCUT2D eigenvalue weighted by atomic mass is 31.2. The molecule has 5 N–H and O–H groups in total. The third-order valence-electron chi connectivity index (χ3n) is 12.9. The Hall–Kier alpha value is -6.30. The number of imide groups is 1. The lowest BCUT2D eigenvalue weighted by Crippen LogP contribution is -2.44. The molecule has 0 aliphatic carbocycles. The molecule has 2 saturated heterocycles. The number of rotatable bonds is 18. The number of ether oxygens (including phenoxy) is 1. The number of carbonyl (C=O) groups excluding carboxylic acids is 2. The van der Waals surface area contributed by atoms with E-state index in [1.54, 1.807) is 19.5 Å². The van der Waals surface area contributed by atoms with Crippen molar-refractivity contribution >= 4 is 75.1 Å². The van der Waals surface area contributed by atoms with Crippen LogP contribution in [0.3, 0.4) is 0 Å². The second-order valence-corrected chi connectivity index (χ2v) is 21.3. The molecule has 372 valence electrons. The summed E-state index contributed by atoms with van der Waals surface area (Å²) in [4.78, 5) is 53.5. The Balaban J connectivity index is 0.872. The average Bonchev–Trinajstić information content (AvgIpc) is 3.64. The van der Waals surface area contributed by atoms with Gasteiger partial charge >= 0.3 is 11.9 Å². The van der Waals surface area contributed by atoms with Gasteiger partial charge in [0.25, 0.3) is 0 Å². The van der Waals surface area contributed by atoms with E-state index >= 15 is 0 Å². The number of amides is 2. The lowest BCUT2D eigenvalue weighted by Gasteiger charge is -2.35. The Morgan fingerprint density at radius 1 is 0.900 bits per heavy atom. The third-order valence-corrected chi connectivity index (χ3v) is 14.5. The van der Waals surface area contributed by atoms with E-state index in [1.165, 1.54) is 6.07 Å². The standard InChI is InChI=1S/C50H60F3N10O6P/c1-7-30-24-38(59-48-56-28-29(4)46(61-48)58-37-13-12-36-34(45(37)70(5,6)67)11-10-32(8-2)57-36)42(68-9-3)27-40(30)62-22-17-33(18-23-62)55-21-20-54-19-16-31-25-43-41(26-35(31)50(51,52)53)63(49(66)69-43)39-14-15-44(64)60-47(39)65/h10-13,24-28,33,39,54-55H,7-9,14-23H2,1-6H3,(H,60,64,65)(H2,56,58,59,61). The number of fused-ring (bicyclic) bond motifs is 2. The van der Waals surface area contributed by atoms with Crippen molar-refractivity contribution in [1.29, 1.82) is 0 Å². The van der Waals surface area contributed by atoms with E-state index in [0.29, 0.717) is 42.9 Å². The van der Waals surface area contributed by atoms with Crippen LogP contribution in [0.5, 0.6) is 5.75 Å². The van der Waals surface area contributed by atoms with Gasteiger partial charge in [0.15, 0.2) is 5.58 Å². The second kappa shape index (κ2) is 21.0. The van der Waals surface area contributed by atoms with Gasteiger partial charge in [-0.25, -0.2) is 9.78 Å². The number of pyridine rings is 1. The normalized spacial score (nSPS) is 16.0. The number of anilines is 5. The third kappa shape index (κ3) is 11.0. The monoisotopic (exact) mass is 984 g/mol. The molecule has 2 aliphatic rings. The Labute approximate surface area is 403 Å². The molecule has 5 heterocycles. The van der Waals surface area contributed by atoms with Crippen molar-refractivity contribution in [3.63, 3.8) is 0 Å². The van der Waals surface area contributed by atoms with E-state index in [0.717, 1.165) is 93.8 Å². The topological polar surface area (TPSA) is 198 Å². The number of carbonyl (C=O) groups is 2. The summed E-state index contributed by atoms with van der Waals surface area (Å²) in [6.07, 6.45) is 0.349. The molecule has 0 bridgehead atoms. The smallest absolute Gasteiger partial charge is 0.420 e. The van der Waals surface area contributed by atoms with Crippen molar-refractivity contribution < 1.29 is 36.5 Å². The van der Waals surface area contributed by atoms with E-state index in [1.807, 2.05) is 38.1 Å². The summed E-state index contributed by atoms with van der Waals surface area (Å²) in [5.74, 6) is -0.598. The number of halogens is 3. The number of aryl methyl sites for hydroxylation is 3. The molecule has 3 aromatic carbocycles. The van der Waals surface area contributed by atoms with E-state index in [9.17, 15) is 32.1 Å². The number of aromatic nitrogens is 4. The van der Waals surface area contributed by atoms with E-state index < -0.39 is 42.5 Å². The van der Waals surface area contributed by atoms with Crippen LogP contribution in [-0.4, -0.2) is 90.0 Å². The Bertz CT molecular complexity index is 3030. The molecule has 70 heavy (non-hydrogen) atoms. The quantitative estimate of drug-likeness (QED) is 0.0317. The molecule has 0 radical (unpaired) electrons. The van der Waals surface area contributed by atoms with Crippen LogP contribution in [0.25, 0.3) is 22.0 Å². The highest BCUT2D eigenvalue weighted by Crippen LogP contribution is 2.42. The van der Waals surface area contributed by atoms with Gasteiger partial charge in [-0.3, -0.25) is 24.5 Å². The van der Waals surface area contributed by atoms with Crippen LogP contribution >= 0.6 is 7.14 Å². The van der Waals surface area contributed by atoms with Gasteiger partial charge in [0.05, 0.1) is 34.6 Å². The minimum atomic E-state index is -4.72. The number of piperidine rings is 2. The SMILES string of the molecule is CCOc1cc(N2CCC(NCCNCCc3cc4oc(=O)n(C5CCC(=O)NC5=O)c4cc3C(F)(F)F)CC2)c(CC)cc1Nc1ncc(C)c(Nc2ccc3nc(CC)ccc3c2P(C)(C)=O)n1. The molecule has 2 fully saturated rings. The lowest BCUT2D eigenvalue weighted by molar-refractivity contribution is -0.138. The number of alkyl halides is 3. The minimum absolute atomic E-state index is 0.0205. The number of nitrogens with one attached hydrogen (secondary N) is 5. The zero-order chi connectivity index (χ0) is 49.9. The van der Waals surface area contributed by atoms with Crippen molar-refractivity contribution in [2.75, 3.05) is 68.2 Å². The van der Waals surface area contributed by atoms with Crippen LogP contribution < -0.4 is 47.3 Å². The fourth-order valence-electron chi connectivity index (χ4n) is 9.40. The van der Waals surface area contributed by atoms with Crippen LogP contribution in [0, 0.1) is 6.92 Å². The van der Waals surface area contributed by atoms with E-state index in [4.69, 9.17) is 19.1 Å². The molecular weight excluding hydrogens is 925 g/mol. The molecule has 16 nitrogen and oxygen atoms in total. The van der Waals surface area contributed by atoms with Crippen molar-refractivity contribution in [3.8, 4) is 5.75 Å². The lowest BCUT2D eigenvalue weighted by atomic mass is 10.0. The molecule has 20 heteroatoms. The van der Waals surface area contributed by atoms with Crippen molar-refractivity contribution in [2.45, 2.75) is 90.9 Å². The Morgan fingerprint density at radius 3 is 2.39 bits per heavy atom. The predicted molar refractivity (Wildman–Crippen MR) is 267 cm³/mol. The van der Waals surface area contributed by atoms with Gasteiger partial charge < -0.3 is 39.9 Å². The molecule has 8 rings (SSSR count). The largest absolute Gasteiger partial charge is 0.492 e. The summed E-state index contributed by atoms with van der Waals surface area (Å²) in [5, 5.41) is 17.4. The van der Waals surface area contributed by atoms with Crippen LogP contribution in [0.1, 0.15) is 80.4 Å². The first-order chi connectivity index (χ1) is 33.4. The first kappa shape index (κ1) is 50.1. The summed E-state index contributed by atoms with van der Waals surface area (Å²) < 4.78 is 69.1. The maximum atomic E-state index is 14.3. The summed E-state index contributed by atoms with van der Waals surface area (Å²) in [7, 11) is -2.76. The van der Waals surface area contributed by atoms with Crippen LogP contribution in [0.15, 0.2) is 63.9 Å². The number of benzene rings is 3. The Kier molecular flexibility index (Phi) is 15.0. The number of oxazole rings is 1. The number of hydrogen-bond donors (Lipinski definition) is 5. The molecule has 1 unspecified atom stereocenters. The first-order valence-electron chi connectivity index (χ1n) is 23.9. The maximum Gasteiger partial charge on any atom is 0.420 e. The summed E-state index contributed by atoms with van der Waals surface area (Å²) in [6.45, 7) is 15.0. The second-order valence-electron chi connectivity index (χ2n) is 18.2. The fourth-order valence-corrected chi connectivity index (χ4v) is 10.9. The predicted octanol–water partition coefficient (Wildman–Crippen LogP) is 7.89. The van der Waals surface area contributed by atoms with Gasteiger partial charge in [-0.15, -0.1) is 0 Å². The van der Waals surface area contributed by atoms with Gasteiger partial charge in [0, 0.05) is 78.5 Å². The average molecular weight is 985 g/mol. The van der Waals surface area contributed by atoms with Crippen LogP contribution in [0.2, 0.25) is 0 Å². The Morgan fingerprint density at radius 2 is 1.69 bits per heavy atom. The first-order valence-corrected chi connectivity index (χ1v) is 26.5. The molecule has 3 aromatic heterocycles. The summed E-state index contributed by atoms with van der Waals surface area (Å²) in [6, 6.07) is 13.2. The van der Waals surface area contributed by atoms with E-state index in [-0.39, 0.29) is 48.5 Å². The summed E-state index contributed by atoms with van der Waals surface area (Å²) in [5.41, 5.74) is 5.12. The number of nitrogens with zero attached hydrogens (tertiary/aromatic N) is 5. The van der Waals surface area contributed by atoms with Crippen molar-refractivity contribution in [1.82, 2.24) is 35.5 Å². The summed E-state index contributed by atoms with van der Waals surface area (Å²) >= 11 is 0. The van der Waals surface area contributed by atoms with Gasteiger partial charge in [-0.1, -0.05) is 19.9 Å². The minimum Gasteiger partial charge on any atom is -0.492 e. The molecule has 1 atom stereocenters. The molecular formula is C50H60F3N10O6P. The number of hydrogen-bond acceptors (Lipinski definition) is 14. The van der Waals surface area contributed by atoms with Crippen molar-refractivity contribution in [2.24, 2.45) is 0 Å². The molecule has 2 aliphatic heterocycles. The maximum absolute atomic E-state index is 14.3. The van der Waals surface area contributed by atoms with Gasteiger partial charge in [-0.2, -0.15) is 18.2 Å². The van der Waals surface area contributed by atoms with Crippen LogP contribution in [0.4, 0.5) is 42.0 Å². The molecule has 2 amide bonds. The fraction of sp³-hybridized carbons (Fsp3) is 0.440. The zero-order valence-electron chi connectivity index (χ0n) is 40.3. The van der Waals surface area contributed by atoms with Crippen LogP contribution in [-0.2, 0) is 39.6 Å². The van der Waals surface area contributed by atoms with Gasteiger partial charge in [-0.05, 0) is 120 Å². The molecule has 6 aromatic rings. The highest BCUT2D eigenvalue weighted by Gasteiger charge is 2.37. The molecule has 0 saturated carbocycles. The highest BCUT2D eigenvalue weighted by molar-refractivity contribution is 7.71. The molecule has 0 spiro atoms. The van der Waals surface area contributed by atoms with Crippen molar-refractivity contribution in [3.05, 3.63) is 93.2 Å². The van der Waals surface area contributed by atoms with E-state index in [2.05, 4.69) is 62.4 Å². The zero-order valence-corrected chi connectivity index (χ0v) is 41.2. The van der Waals surface area contributed by atoms with Gasteiger partial charge in [0.1, 0.15) is 24.8 Å².